The number of benzene rings is 2. The van der Waals surface area contributed by atoms with Gasteiger partial charge in [-0.05, 0) is 42.5 Å². The summed E-state index contributed by atoms with van der Waals surface area (Å²) in [5.41, 5.74) is 0.723. The maximum atomic E-state index is 13.8. The van der Waals surface area contributed by atoms with Crippen LogP contribution in [-0.4, -0.2) is 21.1 Å². The van der Waals surface area contributed by atoms with Crippen molar-refractivity contribution >= 4 is 53.2 Å². The molecule has 0 radical (unpaired) electrons. The van der Waals surface area contributed by atoms with E-state index in [2.05, 4.69) is 15.3 Å². The van der Waals surface area contributed by atoms with E-state index in [0.29, 0.717) is 21.4 Å². The van der Waals surface area contributed by atoms with Gasteiger partial charge in [0, 0.05) is 16.1 Å². The van der Waals surface area contributed by atoms with Crippen LogP contribution in [0.1, 0.15) is 5.56 Å². The molecule has 0 fully saturated rings. The Morgan fingerprint density at radius 1 is 1.17 bits per heavy atom. The lowest BCUT2D eigenvalue weighted by molar-refractivity contribution is 0.625. The summed E-state index contributed by atoms with van der Waals surface area (Å²) in [4.78, 5) is 0. The SMILES string of the molecule is Fc1cccc(Cl)c1/C=N\n1c(-c2ccc(Cl)cc2Cl)n[nH]c1=S. The summed E-state index contributed by atoms with van der Waals surface area (Å²) in [6.07, 6.45) is 1.27. The lowest BCUT2D eigenvalue weighted by Crippen LogP contribution is -1.97. The van der Waals surface area contributed by atoms with Crippen molar-refractivity contribution in [1.82, 2.24) is 14.9 Å². The Morgan fingerprint density at radius 3 is 2.67 bits per heavy atom. The number of aromatic nitrogens is 3. The fraction of sp³-hybridized carbons (Fsp3) is 0. The highest BCUT2D eigenvalue weighted by molar-refractivity contribution is 7.71. The fourth-order valence-corrected chi connectivity index (χ4v) is 2.88. The summed E-state index contributed by atoms with van der Waals surface area (Å²) in [5.74, 6) is -0.127. The van der Waals surface area contributed by atoms with Gasteiger partial charge in [-0.15, -0.1) is 0 Å². The fourth-order valence-electron chi connectivity index (χ4n) is 1.99. The summed E-state index contributed by atoms with van der Waals surface area (Å²) in [6.45, 7) is 0. The smallest absolute Gasteiger partial charge is 0.216 e. The first-order valence-corrected chi connectivity index (χ1v) is 8.13. The maximum Gasteiger partial charge on any atom is 0.216 e. The van der Waals surface area contributed by atoms with Crippen LogP contribution < -0.4 is 0 Å². The van der Waals surface area contributed by atoms with Crippen LogP contribution in [0.2, 0.25) is 15.1 Å². The molecule has 0 spiro atoms. The van der Waals surface area contributed by atoms with Crippen molar-refractivity contribution in [3.05, 3.63) is 67.6 Å². The number of aromatic amines is 1. The van der Waals surface area contributed by atoms with E-state index in [-0.39, 0.29) is 15.4 Å². The average Bonchev–Trinajstić information content (AvgIpc) is 2.88. The molecular weight excluding hydrogens is 394 g/mol. The maximum absolute atomic E-state index is 13.8. The summed E-state index contributed by atoms with van der Waals surface area (Å²) < 4.78 is 15.4. The van der Waals surface area contributed by atoms with E-state index in [1.165, 1.54) is 23.0 Å². The zero-order valence-electron chi connectivity index (χ0n) is 11.8. The molecule has 9 heteroatoms. The minimum Gasteiger partial charge on any atom is -0.250 e. The highest BCUT2D eigenvalue weighted by Gasteiger charge is 2.13. The second-order valence-corrected chi connectivity index (χ2v) is 6.31. The van der Waals surface area contributed by atoms with Crippen molar-refractivity contribution in [3.63, 3.8) is 0 Å². The first-order valence-electron chi connectivity index (χ1n) is 6.58. The molecule has 1 heterocycles. The molecular formula is C15H8Cl3FN4S. The molecule has 4 nitrogen and oxygen atoms in total. The standard InChI is InChI=1S/C15H8Cl3FN4S/c16-8-4-5-9(12(18)6-8)14-21-22-15(24)23(14)20-7-10-11(17)2-1-3-13(10)19/h1-7H,(H,22,24)/b20-7-. The molecule has 0 bridgehead atoms. The Labute approximate surface area is 156 Å². The van der Waals surface area contributed by atoms with Gasteiger partial charge in [0.2, 0.25) is 4.77 Å². The first-order chi connectivity index (χ1) is 11.5. The highest BCUT2D eigenvalue weighted by atomic mass is 35.5. The van der Waals surface area contributed by atoms with Crippen LogP contribution in [-0.2, 0) is 0 Å². The summed E-state index contributed by atoms with van der Waals surface area (Å²) in [7, 11) is 0. The molecule has 0 aliphatic rings. The van der Waals surface area contributed by atoms with E-state index < -0.39 is 5.82 Å². The third-order valence-corrected chi connectivity index (χ3v) is 4.27. The van der Waals surface area contributed by atoms with E-state index in [4.69, 9.17) is 47.0 Å². The molecule has 1 aromatic heterocycles. The number of hydrogen-bond acceptors (Lipinski definition) is 3. The third kappa shape index (κ3) is 3.37. The molecule has 24 heavy (non-hydrogen) atoms. The van der Waals surface area contributed by atoms with Crippen molar-refractivity contribution in [2.45, 2.75) is 0 Å². The Balaban J connectivity index is 2.09. The Morgan fingerprint density at radius 2 is 1.96 bits per heavy atom. The van der Waals surface area contributed by atoms with Crippen molar-refractivity contribution in [1.29, 1.82) is 0 Å². The van der Waals surface area contributed by atoms with Gasteiger partial charge >= 0.3 is 0 Å². The van der Waals surface area contributed by atoms with E-state index >= 15 is 0 Å². The van der Waals surface area contributed by atoms with Gasteiger partial charge < -0.3 is 0 Å². The second-order valence-electron chi connectivity index (χ2n) is 4.67. The van der Waals surface area contributed by atoms with Gasteiger partial charge in [-0.2, -0.15) is 14.9 Å². The predicted octanol–water partition coefficient (Wildman–Crippen LogP) is 5.59. The molecule has 2 aromatic carbocycles. The molecule has 122 valence electrons. The molecule has 1 N–H and O–H groups in total. The largest absolute Gasteiger partial charge is 0.250 e. The summed E-state index contributed by atoms with van der Waals surface area (Å²) in [6, 6.07) is 9.31. The average molecular weight is 402 g/mol. The number of halogens is 4. The lowest BCUT2D eigenvalue weighted by Gasteiger charge is -2.04. The molecule has 0 aliphatic carbocycles. The van der Waals surface area contributed by atoms with Crippen LogP contribution in [0, 0.1) is 10.6 Å². The van der Waals surface area contributed by atoms with Gasteiger partial charge in [-0.1, -0.05) is 40.9 Å². The summed E-state index contributed by atoms with van der Waals surface area (Å²) in [5, 5.41) is 12.0. The molecule has 0 unspecified atom stereocenters. The minimum absolute atomic E-state index is 0.149. The van der Waals surface area contributed by atoms with Gasteiger partial charge in [0.05, 0.1) is 16.3 Å². The van der Waals surface area contributed by atoms with Gasteiger partial charge in [0.15, 0.2) is 5.82 Å². The van der Waals surface area contributed by atoms with Crippen molar-refractivity contribution in [3.8, 4) is 11.4 Å². The van der Waals surface area contributed by atoms with Crippen LogP contribution >= 0.6 is 47.0 Å². The van der Waals surface area contributed by atoms with Crippen molar-refractivity contribution in [2.24, 2.45) is 5.10 Å². The molecule has 3 aromatic rings. The van der Waals surface area contributed by atoms with E-state index in [1.807, 2.05) is 0 Å². The van der Waals surface area contributed by atoms with Crippen LogP contribution in [0.15, 0.2) is 41.5 Å². The number of nitrogens with zero attached hydrogens (tertiary/aromatic N) is 3. The Kier molecular flexibility index (Phi) is 5.01. The zero-order chi connectivity index (χ0) is 17.3. The topological polar surface area (TPSA) is 46.0 Å². The monoisotopic (exact) mass is 400 g/mol. The minimum atomic E-state index is -0.493. The molecule has 0 saturated carbocycles. The second kappa shape index (κ2) is 7.03. The number of nitrogens with one attached hydrogen (secondary N) is 1. The Hall–Kier alpha value is -1.73. The van der Waals surface area contributed by atoms with Gasteiger partial charge in [0.25, 0.3) is 0 Å². The normalized spacial score (nSPS) is 11.3. The van der Waals surface area contributed by atoms with Crippen molar-refractivity contribution < 1.29 is 4.39 Å². The molecule has 3 rings (SSSR count). The molecule has 0 saturated heterocycles. The van der Waals surface area contributed by atoms with Crippen molar-refractivity contribution in [2.75, 3.05) is 0 Å². The third-order valence-electron chi connectivity index (χ3n) is 3.12. The van der Waals surface area contributed by atoms with Gasteiger partial charge in [0.1, 0.15) is 5.82 Å². The molecule has 0 aliphatic heterocycles. The van der Waals surface area contributed by atoms with Crippen LogP contribution in [0.4, 0.5) is 4.39 Å². The first kappa shape index (κ1) is 17.1. The molecule has 0 atom stereocenters. The van der Waals surface area contributed by atoms with Gasteiger partial charge in [-0.3, -0.25) is 0 Å². The zero-order valence-corrected chi connectivity index (χ0v) is 14.9. The lowest BCUT2D eigenvalue weighted by atomic mass is 10.2. The summed E-state index contributed by atoms with van der Waals surface area (Å²) >= 11 is 23.2. The molecule has 0 amide bonds. The van der Waals surface area contributed by atoms with Crippen LogP contribution in [0.25, 0.3) is 11.4 Å². The van der Waals surface area contributed by atoms with Crippen LogP contribution in [0.5, 0.6) is 0 Å². The predicted molar refractivity (Wildman–Crippen MR) is 97.3 cm³/mol. The van der Waals surface area contributed by atoms with E-state index in [0.717, 1.165) is 0 Å². The Bertz CT molecular complexity index is 976. The van der Waals surface area contributed by atoms with E-state index in [9.17, 15) is 4.39 Å². The highest BCUT2D eigenvalue weighted by Crippen LogP contribution is 2.29. The number of rotatable bonds is 3. The number of hydrogen-bond donors (Lipinski definition) is 1. The number of H-pyrrole nitrogens is 1. The quantitative estimate of drug-likeness (QED) is 0.459. The van der Waals surface area contributed by atoms with E-state index in [1.54, 1.807) is 24.3 Å². The van der Waals surface area contributed by atoms with Crippen LogP contribution in [0.3, 0.4) is 0 Å². The van der Waals surface area contributed by atoms with Gasteiger partial charge in [-0.25, -0.2) is 9.49 Å².